The molecule has 1 aromatic carbocycles. The highest BCUT2D eigenvalue weighted by atomic mass is 15.2. The highest BCUT2D eigenvalue weighted by molar-refractivity contribution is 5.39. The Labute approximate surface area is 113 Å². The van der Waals surface area contributed by atoms with Gasteiger partial charge in [-0.3, -0.25) is 0 Å². The molecule has 1 aromatic rings. The van der Waals surface area contributed by atoms with Crippen molar-refractivity contribution in [2.45, 2.75) is 54.0 Å². The highest BCUT2D eigenvalue weighted by Crippen LogP contribution is 2.13. The Kier molecular flexibility index (Phi) is 7.42. The van der Waals surface area contributed by atoms with Crippen molar-refractivity contribution in [1.82, 2.24) is 4.90 Å². The molecule has 102 valence electrons. The topological polar surface area (TPSA) is 3.24 Å². The van der Waals surface area contributed by atoms with Crippen LogP contribution in [-0.4, -0.2) is 17.0 Å². The summed E-state index contributed by atoms with van der Waals surface area (Å²) in [6, 6.07) is 8.53. The van der Waals surface area contributed by atoms with Crippen LogP contribution in [0.25, 0.3) is 12.3 Å². The van der Waals surface area contributed by atoms with Crippen molar-refractivity contribution < 1.29 is 0 Å². The summed E-state index contributed by atoms with van der Waals surface area (Å²) in [5.41, 5.74) is 0.212. The smallest absolute Gasteiger partial charge is 0.0368 e. The molecule has 0 N–H and O–H groups in total. The van der Waals surface area contributed by atoms with Crippen molar-refractivity contribution in [3.8, 4) is 0 Å². The van der Waals surface area contributed by atoms with Crippen LogP contribution in [0.1, 0.15) is 48.5 Å². The van der Waals surface area contributed by atoms with Gasteiger partial charge in [0.05, 0.1) is 0 Å². The molecule has 18 heavy (non-hydrogen) atoms. The molecule has 0 saturated heterocycles. The molecule has 0 radical (unpaired) electrons. The Morgan fingerprint density at radius 2 is 1.39 bits per heavy atom. The number of hydrogen-bond donors (Lipinski definition) is 0. The van der Waals surface area contributed by atoms with Crippen LogP contribution in [0.3, 0.4) is 0 Å². The standard InChI is InChI=1S/C13H17N.2C2H6/c1-13(2,3)14-9-8-11-6-4-5-7-12(11)10-14;2*1-2/h4-8,10H,9H2,1-3H3;2*1-2H3. The molecule has 0 spiro atoms. The van der Waals surface area contributed by atoms with Gasteiger partial charge in [0.15, 0.2) is 0 Å². The van der Waals surface area contributed by atoms with Gasteiger partial charge in [-0.1, -0.05) is 58.0 Å². The quantitative estimate of drug-likeness (QED) is 0.679. The molecular formula is C17H29N. The van der Waals surface area contributed by atoms with Gasteiger partial charge in [-0.2, -0.15) is 0 Å². The lowest BCUT2D eigenvalue weighted by molar-refractivity contribution is 0.255. The van der Waals surface area contributed by atoms with E-state index in [2.05, 4.69) is 62.2 Å². The third kappa shape index (κ3) is 4.56. The summed E-state index contributed by atoms with van der Waals surface area (Å²) in [5, 5.41) is 2.68. The van der Waals surface area contributed by atoms with Gasteiger partial charge in [0.25, 0.3) is 0 Å². The van der Waals surface area contributed by atoms with Gasteiger partial charge < -0.3 is 4.90 Å². The lowest BCUT2D eigenvalue weighted by atomic mass is 10.0. The summed E-state index contributed by atoms with van der Waals surface area (Å²) >= 11 is 0. The first-order chi connectivity index (χ1) is 8.57. The minimum Gasteiger partial charge on any atom is -0.368 e. The normalized spacial score (nSPS) is 12.7. The van der Waals surface area contributed by atoms with Crippen LogP contribution < -0.4 is 10.4 Å². The van der Waals surface area contributed by atoms with E-state index >= 15 is 0 Å². The van der Waals surface area contributed by atoms with Crippen LogP contribution in [0.2, 0.25) is 0 Å². The van der Waals surface area contributed by atoms with E-state index in [4.69, 9.17) is 0 Å². The van der Waals surface area contributed by atoms with E-state index in [1.165, 1.54) is 10.4 Å². The number of benzene rings is 1. The summed E-state index contributed by atoms with van der Waals surface area (Å²) in [6.45, 7) is 15.7. The second-order valence-electron chi connectivity index (χ2n) is 4.79. The van der Waals surface area contributed by atoms with Crippen molar-refractivity contribution >= 4 is 12.3 Å². The maximum atomic E-state index is 2.37. The van der Waals surface area contributed by atoms with Gasteiger partial charge in [0, 0.05) is 18.3 Å². The second-order valence-corrected chi connectivity index (χ2v) is 4.79. The van der Waals surface area contributed by atoms with Crippen LogP contribution in [0.5, 0.6) is 0 Å². The van der Waals surface area contributed by atoms with Gasteiger partial charge >= 0.3 is 0 Å². The zero-order chi connectivity index (χ0) is 14.2. The fourth-order valence-electron chi connectivity index (χ4n) is 1.70. The summed E-state index contributed by atoms with van der Waals surface area (Å²) in [6.07, 6.45) is 4.55. The maximum Gasteiger partial charge on any atom is 0.0368 e. The van der Waals surface area contributed by atoms with Crippen molar-refractivity contribution in [3.05, 3.63) is 34.7 Å². The molecule has 1 aliphatic rings. The van der Waals surface area contributed by atoms with E-state index in [0.29, 0.717) is 0 Å². The fourth-order valence-corrected chi connectivity index (χ4v) is 1.70. The van der Waals surface area contributed by atoms with Gasteiger partial charge in [-0.05, 0) is 31.2 Å². The Balaban J connectivity index is 0.000000659. The molecule has 0 bridgehead atoms. The van der Waals surface area contributed by atoms with Crippen molar-refractivity contribution in [1.29, 1.82) is 0 Å². The van der Waals surface area contributed by atoms with Crippen LogP contribution in [0, 0.1) is 0 Å². The number of hydrogen-bond acceptors (Lipinski definition) is 1. The van der Waals surface area contributed by atoms with E-state index in [1.807, 2.05) is 27.7 Å². The average molecular weight is 247 g/mol. The predicted molar refractivity (Wildman–Crippen MR) is 83.8 cm³/mol. The van der Waals surface area contributed by atoms with Gasteiger partial charge in [0.2, 0.25) is 0 Å². The number of nitrogens with zero attached hydrogens (tertiary/aromatic N) is 1. The highest BCUT2D eigenvalue weighted by Gasteiger charge is 2.17. The number of rotatable bonds is 0. The minimum atomic E-state index is 0.212. The van der Waals surface area contributed by atoms with Gasteiger partial charge in [-0.25, -0.2) is 0 Å². The lowest BCUT2D eigenvalue weighted by Gasteiger charge is -2.35. The van der Waals surface area contributed by atoms with Crippen molar-refractivity contribution in [2.75, 3.05) is 6.54 Å². The van der Waals surface area contributed by atoms with E-state index in [1.54, 1.807) is 0 Å². The molecule has 1 aliphatic heterocycles. The molecular weight excluding hydrogens is 218 g/mol. The zero-order valence-corrected chi connectivity index (χ0v) is 13.1. The van der Waals surface area contributed by atoms with Crippen LogP contribution in [0.4, 0.5) is 0 Å². The van der Waals surface area contributed by atoms with Crippen LogP contribution in [-0.2, 0) is 0 Å². The lowest BCUT2D eigenvalue weighted by Crippen LogP contribution is -2.43. The first kappa shape index (κ1) is 16.8. The molecule has 0 unspecified atom stereocenters. The Hall–Kier alpha value is -1.24. The molecule has 0 aliphatic carbocycles. The van der Waals surface area contributed by atoms with E-state index in [0.717, 1.165) is 6.54 Å². The summed E-state index contributed by atoms with van der Waals surface area (Å²) in [5.74, 6) is 0. The Morgan fingerprint density at radius 3 is 1.89 bits per heavy atom. The summed E-state index contributed by atoms with van der Waals surface area (Å²) in [4.78, 5) is 2.37. The molecule has 0 atom stereocenters. The third-order valence-electron chi connectivity index (χ3n) is 2.66. The SMILES string of the molecule is CC.CC.CC(C)(C)N1C=c2ccccc2=CC1. The van der Waals surface area contributed by atoms with E-state index in [9.17, 15) is 0 Å². The molecule has 0 saturated carbocycles. The van der Waals surface area contributed by atoms with E-state index in [-0.39, 0.29) is 5.54 Å². The molecule has 2 rings (SSSR count). The predicted octanol–water partition coefficient (Wildman–Crippen LogP) is 3.37. The maximum absolute atomic E-state index is 2.37. The molecule has 1 heteroatoms. The molecule has 1 heterocycles. The fraction of sp³-hybridized carbons (Fsp3) is 0.529. The molecule has 0 fully saturated rings. The molecule has 0 amide bonds. The monoisotopic (exact) mass is 247 g/mol. The van der Waals surface area contributed by atoms with Crippen LogP contribution in [0.15, 0.2) is 24.3 Å². The van der Waals surface area contributed by atoms with Crippen molar-refractivity contribution in [2.24, 2.45) is 0 Å². The second kappa shape index (κ2) is 7.97. The zero-order valence-electron chi connectivity index (χ0n) is 13.1. The average Bonchev–Trinajstić information content (AvgIpc) is 2.42. The summed E-state index contributed by atoms with van der Waals surface area (Å²) in [7, 11) is 0. The summed E-state index contributed by atoms with van der Waals surface area (Å²) < 4.78 is 0. The van der Waals surface area contributed by atoms with Gasteiger partial charge in [0.1, 0.15) is 0 Å². The third-order valence-corrected chi connectivity index (χ3v) is 2.66. The van der Waals surface area contributed by atoms with Crippen LogP contribution >= 0.6 is 0 Å². The Bertz CT molecular complexity index is 437. The molecule has 0 aromatic heterocycles. The Morgan fingerprint density at radius 1 is 0.889 bits per heavy atom. The first-order valence-corrected chi connectivity index (χ1v) is 7.11. The largest absolute Gasteiger partial charge is 0.368 e. The minimum absolute atomic E-state index is 0.212. The van der Waals surface area contributed by atoms with Gasteiger partial charge in [-0.15, -0.1) is 0 Å². The number of fused-ring (bicyclic) bond motifs is 1. The van der Waals surface area contributed by atoms with Crippen molar-refractivity contribution in [3.63, 3.8) is 0 Å². The van der Waals surface area contributed by atoms with E-state index < -0.39 is 0 Å². The molecule has 1 nitrogen and oxygen atoms in total. The first-order valence-electron chi connectivity index (χ1n) is 7.11.